The summed E-state index contributed by atoms with van der Waals surface area (Å²) in [6.45, 7) is 3.97. The zero-order chi connectivity index (χ0) is 14.4. The second kappa shape index (κ2) is 7.85. The molecule has 0 aliphatic heterocycles. The van der Waals surface area contributed by atoms with E-state index in [9.17, 15) is 9.90 Å². The molecule has 2 heteroatoms. The van der Waals surface area contributed by atoms with Crippen molar-refractivity contribution in [1.29, 1.82) is 0 Å². The van der Waals surface area contributed by atoms with Gasteiger partial charge in [0.25, 0.3) is 0 Å². The zero-order valence-corrected chi connectivity index (χ0v) is 12.8. The molecular weight excluding hydrogens is 248 g/mol. The number of hydrogen-bond donors (Lipinski definition) is 1. The fourth-order valence-electron chi connectivity index (χ4n) is 4.44. The Balaban J connectivity index is 2.13. The lowest BCUT2D eigenvalue weighted by molar-refractivity contribution is -0.133. The molecule has 2 aliphatic rings. The maximum absolute atomic E-state index is 11.5. The fourth-order valence-corrected chi connectivity index (χ4v) is 4.44. The van der Waals surface area contributed by atoms with Crippen molar-refractivity contribution in [2.24, 2.45) is 17.8 Å². The zero-order valence-electron chi connectivity index (χ0n) is 12.8. The molecule has 2 aliphatic carbocycles. The standard InChI is InChI=1S/C18H30O2/c1-14(18(19)20)17(15-10-6-2-3-7-11-15)16-12-8-4-5-9-13-16/h15-17H,1-13H2,(H,19,20). The summed E-state index contributed by atoms with van der Waals surface area (Å²) in [5, 5.41) is 9.45. The summed E-state index contributed by atoms with van der Waals surface area (Å²) < 4.78 is 0. The summed E-state index contributed by atoms with van der Waals surface area (Å²) >= 11 is 0. The van der Waals surface area contributed by atoms with Crippen molar-refractivity contribution in [2.75, 3.05) is 0 Å². The molecule has 114 valence electrons. The van der Waals surface area contributed by atoms with Gasteiger partial charge in [-0.15, -0.1) is 0 Å². The van der Waals surface area contributed by atoms with Gasteiger partial charge in [0, 0.05) is 5.57 Å². The molecule has 1 N–H and O–H groups in total. The summed E-state index contributed by atoms with van der Waals surface area (Å²) in [5.41, 5.74) is 0.504. The van der Waals surface area contributed by atoms with Crippen LogP contribution in [-0.2, 0) is 4.79 Å². The first-order valence-corrected chi connectivity index (χ1v) is 8.62. The molecule has 0 spiro atoms. The lowest BCUT2D eigenvalue weighted by atomic mass is 9.71. The van der Waals surface area contributed by atoms with Gasteiger partial charge in [-0.1, -0.05) is 57.9 Å². The van der Waals surface area contributed by atoms with E-state index in [-0.39, 0.29) is 5.92 Å². The van der Waals surface area contributed by atoms with Crippen molar-refractivity contribution in [2.45, 2.75) is 77.0 Å². The topological polar surface area (TPSA) is 37.3 Å². The predicted molar refractivity (Wildman–Crippen MR) is 82.6 cm³/mol. The van der Waals surface area contributed by atoms with Crippen molar-refractivity contribution in [3.63, 3.8) is 0 Å². The number of carboxylic acid groups (broad SMARTS) is 1. The van der Waals surface area contributed by atoms with Crippen LogP contribution in [0.25, 0.3) is 0 Å². The summed E-state index contributed by atoms with van der Waals surface area (Å²) in [5.74, 6) is 0.626. The van der Waals surface area contributed by atoms with E-state index in [1.165, 1.54) is 77.0 Å². The van der Waals surface area contributed by atoms with E-state index in [1.807, 2.05) is 0 Å². The second-order valence-corrected chi connectivity index (χ2v) is 6.86. The smallest absolute Gasteiger partial charge is 0.331 e. The SMILES string of the molecule is C=C(C(=O)O)C(C1CCCCCC1)C1CCCCCC1. The Hall–Kier alpha value is -0.790. The number of aliphatic carboxylic acids is 1. The number of rotatable bonds is 4. The lowest BCUT2D eigenvalue weighted by Gasteiger charge is -2.33. The highest BCUT2D eigenvalue weighted by atomic mass is 16.4. The molecule has 2 nitrogen and oxygen atoms in total. The van der Waals surface area contributed by atoms with Crippen molar-refractivity contribution < 1.29 is 9.90 Å². The number of carbonyl (C=O) groups is 1. The van der Waals surface area contributed by atoms with E-state index in [4.69, 9.17) is 0 Å². The van der Waals surface area contributed by atoms with Gasteiger partial charge in [0.2, 0.25) is 0 Å². The molecule has 2 rings (SSSR count). The quantitative estimate of drug-likeness (QED) is 0.568. The average molecular weight is 278 g/mol. The first-order valence-electron chi connectivity index (χ1n) is 8.62. The number of hydrogen-bond acceptors (Lipinski definition) is 1. The van der Waals surface area contributed by atoms with Crippen molar-refractivity contribution in [1.82, 2.24) is 0 Å². The Bertz CT molecular complexity index is 298. The molecule has 20 heavy (non-hydrogen) atoms. The van der Waals surface area contributed by atoms with E-state index in [2.05, 4.69) is 6.58 Å². The molecule has 0 aromatic heterocycles. The van der Waals surface area contributed by atoms with Gasteiger partial charge in [-0.05, 0) is 43.4 Å². The van der Waals surface area contributed by atoms with E-state index in [1.54, 1.807) is 0 Å². The van der Waals surface area contributed by atoms with Crippen molar-refractivity contribution in [3.05, 3.63) is 12.2 Å². The summed E-state index contributed by atoms with van der Waals surface area (Å²) in [4.78, 5) is 11.5. The van der Waals surface area contributed by atoms with Crippen molar-refractivity contribution >= 4 is 5.97 Å². The summed E-state index contributed by atoms with van der Waals surface area (Å²) in [7, 11) is 0. The Morgan fingerprint density at radius 2 is 1.15 bits per heavy atom. The van der Waals surface area contributed by atoms with Gasteiger partial charge in [0.15, 0.2) is 0 Å². The van der Waals surface area contributed by atoms with E-state index >= 15 is 0 Å². The van der Waals surface area contributed by atoms with Gasteiger partial charge in [0.1, 0.15) is 0 Å². The van der Waals surface area contributed by atoms with Crippen LogP contribution < -0.4 is 0 Å². The Morgan fingerprint density at radius 3 is 1.45 bits per heavy atom. The highest BCUT2D eigenvalue weighted by Gasteiger charge is 2.34. The minimum Gasteiger partial charge on any atom is -0.478 e. The third kappa shape index (κ3) is 4.10. The molecule has 0 atom stereocenters. The van der Waals surface area contributed by atoms with Gasteiger partial charge in [-0.2, -0.15) is 0 Å². The largest absolute Gasteiger partial charge is 0.478 e. The first kappa shape index (κ1) is 15.6. The molecule has 2 fully saturated rings. The molecule has 2 saturated carbocycles. The predicted octanol–water partition coefficient (Wildman–Crippen LogP) is 5.18. The maximum Gasteiger partial charge on any atom is 0.331 e. The van der Waals surface area contributed by atoms with Crippen LogP contribution >= 0.6 is 0 Å². The third-order valence-corrected chi connectivity index (χ3v) is 5.49. The molecule has 0 amide bonds. The second-order valence-electron chi connectivity index (χ2n) is 6.86. The van der Waals surface area contributed by atoms with Gasteiger partial charge in [0.05, 0.1) is 0 Å². The Kier molecular flexibility index (Phi) is 6.12. The third-order valence-electron chi connectivity index (χ3n) is 5.49. The highest BCUT2D eigenvalue weighted by Crippen LogP contribution is 2.42. The highest BCUT2D eigenvalue weighted by molar-refractivity contribution is 5.86. The van der Waals surface area contributed by atoms with E-state index in [0.29, 0.717) is 17.4 Å². The fraction of sp³-hybridized carbons (Fsp3) is 0.833. The van der Waals surface area contributed by atoms with Crippen LogP contribution in [-0.4, -0.2) is 11.1 Å². The molecule has 0 bridgehead atoms. The Labute approximate surface area is 123 Å². The summed E-state index contributed by atoms with van der Waals surface area (Å²) in [6.07, 6.45) is 15.3. The van der Waals surface area contributed by atoms with Crippen LogP contribution in [0, 0.1) is 17.8 Å². The molecule has 0 heterocycles. The van der Waals surface area contributed by atoms with Gasteiger partial charge in [-0.3, -0.25) is 0 Å². The van der Waals surface area contributed by atoms with Crippen LogP contribution in [0.5, 0.6) is 0 Å². The van der Waals surface area contributed by atoms with Crippen LogP contribution in [0.15, 0.2) is 12.2 Å². The lowest BCUT2D eigenvalue weighted by Crippen LogP contribution is -2.28. The maximum atomic E-state index is 11.5. The summed E-state index contributed by atoms with van der Waals surface area (Å²) in [6, 6.07) is 0. The molecule has 0 aromatic carbocycles. The minimum atomic E-state index is -0.761. The molecular formula is C18H30O2. The van der Waals surface area contributed by atoms with Crippen LogP contribution in [0.2, 0.25) is 0 Å². The Morgan fingerprint density at radius 1 is 0.800 bits per heavy atom. The van der Waals surface area contributed by atoms with Crippen LogP contribution in [0.3, 0.4) is 0 Å². The van der Waals surface area contributed by atoms with Crippen LogP contribution in [0.1, 0.15) is 77.0 Å². The van der Waals surface area contributed by atoms with Gasteiger partial charge < -0.3 is 5.11 Å². The molecule has 0 unspecified atom stereocenters. The normalized spacial score (nSPS) is 23.2. The van der Waals surface area contributed by atoms with E-state index in [0.717, 1.165) is 0 Å². The van der Waals surface area contributed by atoms with Gasteiger partial charge >= 0.3 is 5.97 Å². The van der Waals surface area contributed by atoms with Crippen LogP contribution in [0.4, 0.5) is 0 Å². The minimum absolute atomic E-state index is 0.240. The number of carboxylic acids is 1. The van der Waals surface area contributed by atoms with E-state index < -0.39 is 5.97 Å². The van der Waals surface area contributed by atoms with Crippen molar-refractivity contribution in [3.8, 4) is 0 Å². The molecule has 0 radical (unpaired) electrons. The molecule has 0 aromatic rings. The van der Waals surface area contributed by atoms with Gasteiger partial charge in [-0.25, -0.2) is 4.79 Å². The first-order chi connectivity index (χ1) is 9.70. The monoisotopic (exact) mass is 278 g/mol. The average Bonchev–Trinajstić information content (AvgIpc) is 2.84. The molecule has 0 saturated heterocycles.